The predicted octanol–water partition coefficient (Wildman–Crippen LogP) is 5.45. The Balaban J connectivity index is 1.28. The number of piperazine rings is 1. The number of ether oxygens (including phenoxy) is 1. The third kappa shape index (κ3) is 5.16. The topological polar surface area (TPSA) is 53.0 Å². The van der Waals surface area contributed by atoms with Gasteiger partial charge in [-0.15, -0.1) is 0 Å². The number of hydrogen-bond acceptors (Lipinski definition) is 5. The van der Waals surface area contributed by atoms with Crippen LogP contribution in [0, 0.1) is 0 Å². The largest absolute Gasteiger partial charge is 0.507 e. The van der Waals surface area contributed by atoms with Gasteiger partial charge in [-0.1, -0.05) is 68.4 Å². The van der Waals surface area contributed by atoms with Crippen molar-refractivity contribution in [1.82, 2.24) is 9.80 Å². The standard InChI is InChI=1S/C30H32N2O3/c1-21(2)24-10-8-22(9-11-24)18-28-29(34)25-12-13-27(33)26(30(25)35-28)20-32-16-14-31(15-17-32)19-23-6-4-3-5-7-23/h3-13,18,21,33H,14-17,19-20H2,1-2H3/b28-18-. The van der Waals surface area contributed by atoms with E-state index in [-0.39, 0.29) is 11.5 Å². The highest BCUT2D eigenvalue weighted by Gasteiger charge is 2.32. The summed E-state index contributed by atoms with van der Waals surface area (Å²) in [6, 6.07) is 22.0. The van der Waals surface area contributed by atoms with Crippen LogP contribution < -0.4 is 4.74 Å². The van der Waals surface area contributed by atoms with E-state index in [1.165, 1.54) is 11.1 Å². The van der Waals surface area contributed by atoms with E-state index in [2.05, 4.69) is 60.0 Å². The van der Waals surface area contributed by atoms with E-state index in [1.54, 1.807) is 18.2 Å². The van der Waals surface area contributed by atoms with Gasteiger partial charge in [-0.25, -0.2) is 0 Å². The molecular weight excluding hydrogens is 436 g/mol. The Hall–Kier alpha value is -3.41. The van der Waals surface area contributed by atoms with Crippen LogP contribution >= 0.6 is 0 Å². The SMILES string of the molecule is CC(C)c1ccc(/C=C2\Oc3c(ccc(O)c3CN3CCN(Cc4ccccc4)CC3)C2=O)cc1. The van der Waals surface area contributed by atoms with Crippen molar-refractivity contribution in [1.29, 1.82) is 0 Å². The van der Waals surface area contributed by atoms with E-state index in [9.17, 15) is 9.90 Å². The summed E-state index contributed by atoms with van der Waals surface area (Å²) in [4.78, 5) is 17.8. The average Bonchev–Trinajstić information content (AvgIpc) is 3.18. The summed E-state index contributed by atoms with van der Waals surface area (Å²) in [5.74, 6) is 1.28. The molecular formula is C30H32N2O3. The van der Waals surface area contributed by atoms with E-state index in [4.69, 9.17) is 4.74 Å². The Morgan fingerprint density at radius 3 is 2.20 bits per heavy atom. The maximum absolute atomic E-state index is 13.1. The molecule has 0 atom stereocenters. The van der Waals surface area contributed by atoms with Crippen molar-refractivity contribution in [2.75, 3.05) is 26.2 Å². The third-order valence-corrected chi connectivity index (χ3v) is 6.91. The van der Waals surface area contributed by atoms with Gasteiger partial charge in [0.15, 0.2) is 5.76 Å². The maximum Gasteiger partial charge on any atom is 0.231 e. The fourth-order valence-corrected chi connectivity index (χ4v) is 4.75. The molecule has 2 aliphatic heterocycles. The highest BCUT2D eigenvalue weighted by Crippen LogP contribution is 2.40. The lowest BCUT2D eigenvalue weighted by atomic mass is 10.0. The van der Waals surface area contributed by atoms with Crippen molar-refractivity contribution in [3.05, 3.63) is 100 Å². The number of fused-ring (bicyclic) bond motifs is 1. The van der Waals surface area contributed by atoms with Gasteiger partial charge < -0.3 is 9.84 Å². The molecule has 0 aliphatic carbocycles. The number of carbonyl (C=O) groups is 1. The van der Waals surface area contributed by atoms with Crippen molar-refractivity contribution >= 4 is 11.9 Å². The van der Waals surface area contributed by atoms with Gasteiger partial charge in [-0.2, -0.15) is 0 Å². The first-order chi connectivity index (χ1) is 17.0. The molecule has 3 aromatic carbocycles. The number of Topliss-reactive ketones (excluding diaryl/α,β-unsaturated/α-hetero) is 1. The Morgan fingerprint density at radius 1 is 0.886 bits per heavy atom. The van der Waals surface area contributed by atoms with Crippen LogP contribution in [0.4, 0.5) is 0 Å². The first kappa shape index (κ1) is 23.3. The Bertz CT molecular complexity index is 1220. The molecule has 5 rings (SSSR count). The highest BCUT2D eigenvalue weighted by molar-refractivity contribution is 6.15. The normalized spacial score (nSPS) is 17.7. The van der Waals surface area contributed by atoms with Gasteiger partial charge in [-0.3, -0.25) is 14.6 Å². The second-order valence-electron chi connectivity index (χ2n) is 9.74. The number of phenolic OH excluding ortho intramolecular Hbond substituents is 1. The predicted molar refractivity (Wildman–Crippen MR) is 139 cm³/mol. The minimum absolute atomic E-state index is 0.137. The van der Waals surface area contributed by atoms with E-state index in [1.807, 2.05) is 18.2 Å². The molecule has 0 bridgehead atoms. The number of allylic oxidation sites excluding steroid dienone is 1. The van der Waals surface area contributed by atoms with Crippen LogP contribution in [0.3, 0.4) is 0 Å². The summed E-state index contributed by atoms with van der Waals surface area (Å²) in [5.41, 5.74) is 4.71. The van der Waals surface area contributed by atoms with Crippen LogP contribution in [-0.2, 0) is 13.1 Å². The molecule has 0 spiro atoms. The molecule has 1 saturated heterocycles. The lowest BCUT2D eigenvalue weighted by Gasteiger charge is -2.35. The fourth-order valence-electron chi connectivity index (χ4n) is 4.75. The molecule has 2 heterocycles. The second kappa shape index (κ2) is 10.1. The van der Waals surface area contributed by atoms with Gasteiger partial charge in [0.05, 0.1) is 11.1 Å². The van der Waals surface area contributed by atoms with Gasteiger partial charge in [0, 0.05) is 39.3 Å². The average molecular weight is 469 g/mol. The Labute approximate surface area is 207 Å². The molecule has 180 valence electrons. The molecule has 0 aromatic heterocycles. The fraction of sp³-hybridized carbons (Fsp3) is 0.300. The molecule has 0 unspecified atom stereocenters. The van der Waals surface area contributed by atoms with E-state index < -0.39 is 0 Å². The Kier molecular flexibility index (Phi) is 6.71. The monoisotopic (exact) mass is 468 g/mol. The molecule has 0 saturated carbocycles. The summed E-state index contributed by atoms with van der Waals surface area (Å²) in [5, 5.41) is 10.6. The first-order valence-electron chi connectivity index (χ1n) is 12.4. The summed E-state index contributed by atoms with van der Waals surface area (Å²) >= 11 is 0. The number of benzene rings is 3. The van der Waals surface area contributed by atoms with Crippen LogP contribution in [0.5, 0.6) is 11.5 Å². The molecule has 35 heavy (non-hydrogen) atoms. The summed E-state index contributed by atoms with van der Waals surface area (Å²) in [7, 11) is 0. The quantitative estimate of drug-likeness (QED) is 0.488. The van der Waals surface area contributed by atoms with Gasteiger partial charge >= 0.3 is 0 Å². The van der Waals surface area contributed by atoms with Crippen molar-refractivity contribution < 1.29 is 14.6 Å². The van der Waals surface area contributed by atoms with Crippen molar-refractivity contribution in [3.63, 3.8) is 0 Å². The minimum Gasteiger partial charge on any atom is -0.507 e. The zero-order valence-corrected chi connectivity index (χ0v) is 20.4. The van der Waals surface area contributed by atoms with E-state index in [0.717, 1.165) is 38.3 Å². The number of aromatic hydroxyl groups is 1. The number of carbonyl (C=O) groups excluding carboxylic acids is 1. The van der Waals surface area contributed by atoms with Crippen LogP contribution in [-0.4, -0.2) is 46.9 Å². The first-order valence-corrected chi connectivity index (χ1v) is 12.4. The molecule has 2 aliphatic rings. The van der Waals surface area contributed by atoms with E-state index >= 15 is 0 Å². The molecule has 3 aromatic rings. The number of phenols is 1. The molecule has 0 radical (unpaired) electrons. The van der Waals surface area contributed by atoms with Crippen molar-refractivity contribution in [2.24, 2.45) is 0 Å². The third-order valence-electron chi connectivity index (χ3n) is 6.91. The zero-order chi connectivity index (χ0) is 24.4. The minimum atomic E-state index is -0.137. The lowest BCUT2D eigenvalue weighted by Crippen LogP contribution is -2.45. The molecule has 1 fully saturated rings. The molecule has 1 N–H and O–H groups in total. The smallest absolute Gasteiger partial charge is 0.231 e. The number of ketones is 1. The van der Waals surface area contributed by atoms with Gasteiger partial charge in [0.1, 0.15) is 11.5 Å². The molecule has 0 amide bonds. The van der Waals surface area contributed by atoms with Crippen molar-refractivity contribution in [3.8, 4) is 11.5 Å². The highest BCUT2D eigenvalue weighted by atomic mass is 16.5. The molecule has 5 heteroatoms. The lowest BCUT2D eigenvalue weighted by molar-refractivity contribution is 0.101. The van der Waals surface area contributed by atoms with Crippen LogP contribution in [0.25, 0.3) is 6.08 Å². The Morgan fingerprint density at radius 2 is 1.54 bits per heavy atom. The summed E-state index contributed by atoms with van der Waals surface area (Å²) in [6.07, 6.45) is 1.79. The number of nitrogens with zero attached hydrogens (tertiary/aromatic N) is 2. The van der Waals surface area contributed by atoms with E-state index in [0.29, 0.717) is 35.1 Å². The maximum atomic E-state index is 13.1. The van der Waals surface area contributed by atoms with Crippen LogP contribution in [0.2, 0.25) is 0 Å². The molecule has 5 nitrogen and oxygen atoms in total. The number of hydrogen-bond donors (Lipinski definition) is 1. The van der Waals surface area contributed by atoms with Crippen LogP contribution in [0.15, 0.2) is 72.5 Å². The van der Waals surface area contributed by atoms with Crippen molar-refractivity contribution in [2.45, 2.75) is 32.9 Å². The van der Waals surface area contributed by atoms with Gasteiger partial charge in [0.2, 0.25) is 5.78 Å². The van der Waals surface area contributed by atoms with Gasteiger partial charge in [0.25, 0.3) is 0 Å². The second-order valence-corrected chi connectivity index (χ2v) is 9.74. The van der Waals surface area contributed by atoms with Gasteiger partial charge in [-0.05, 0) is 40.8 Å². The zero-order valence-electron chi connectivity index (χ0n) is 20.4. The summed E-state index contributed by atoms with van der Waals surface area (Å²) in [6.45, 7) is 9.53. The summed E-state index contributed by atoms with van der Waals surface area (Å²) < 4.78 is 6.07. The van der Waals surface area contributed by atoms with Crippen LogP contribution in [0.1, 0.15) is 52.4 Å². The number of rotatable bonds is 6.